The number of aromatic nitrogens is 4. The molecule has 4 heterocycles. The molecule has 4 aromatic carbocycles. The Labute approximate surface area is 316 Å². The minimum absolute atomic E-state index is 0. The van der Waals surface area contributed by atoms with Gasteiger partial charge in [0, 0.05) is 51.8 Å². The molecule has 0 spiro atoms. The van der Waals surface area contributed by atoms with Gasteiger partial charge < -0.3 is 14.0 Å². The van der Waals surface area contributed by atoms with Crippen molar-refractivity contribution >= 4 is 33.0 Å². The Morgan fingerprint density at radius 1 is 0.780 bits per heavy atom. The van der Waals surface area contributed by atoms with Gasteiger partial charge in [-0.1, -0.05) is 94.0 Å². The summed E-state index contributed by atoms with van der Waals surface area (Å²) in [6, 6.07) is 34.8. The van der Waals surface area contributed by atoms with E-state index in [4.69, 9.17) is 17.6 Å². The standard InChI is InChI=1S/C31H28N3O.C13H12N.Ir/c1-18(2)21-11-8-12-22(19(3)4)29(21)34-28-20(5)32-17-16-26(28)33-31(34)25-14-9-13-24-23-10-6-7-15-27(23)35-30(24)25;1-10-3-6-12(7-4-10)13-8-5-11(2)9-14-13;/h6-13,15-19H,1-5H3;3-6,8-9H,1-2H3;/q2*-1;/i;1D3,2D3;. The third-order valence-electron chi connectivity index (χ3n) is 8.73. The number of pyridine rings is 2. The molecule has 0 aliphatic carbocycles. The monoisotopic (exact) mass is 839 g/mol. The molecule has 0 saturated heterocycles. The van der Waals surface area contributed by atoms with E-state index < -0.39 is 13.7 Å². The predicted molar refractivity (Wildman–Crippen MR) is 201 cm³/mol. The van der Waals surface area contributed by atoms with Crippen LogP contribution in [0.25, 0.3) is 61.3 Å². The maximum absolute atomic E-state index is 7.28. The van der Waals surface area contributed by atoms with Gasteiger partial charge in [0.15, 0.2) is 0 Å². The van der Waals surface area contributed by atoms with Crippen LogP contribution in [0.15, 0.2) is 108 Å². The SMILES string of the molecule is Cc1nccc2nc(-c3[c-]ccc4c3oc3ccccc34)n(-c3c(C(C)C)cccc3C(C)C)c12.[2H]C([2H])([2H])c1c[c-]c(-c2ccc(C([2H])([2H])[2H])cn2)cc1.[Ir]. The Bertz CT molecular complexity index is 2560. The van der Waals surface area contributed by atoms with Crippen LogP contribution in [0, 0.1) is 32.8 Å². The molecule has 0 fully saturated rings. The Balaban J connectivity index is 0.000000217. The molecule has 0 saturated carbocycles. The van der Waals surface area contributed by atoms with Crippen LogP contribution in [-0.2, 0) is 20.1 Å². The first-order valence-corrected chi connectivity index (χ1v) is 16.4. The number of fused-ring (bicyclic) bond motifs is 4. The molecular weight excluding hydrogens is 793 g/mol. The van der Waals surface area contributed by atoms with E-state index in [0.29, 0.717) is 23.1 Å². The fraction of sp³-hybridized carbons (Fsp3) is 0.205. The van der Waals surface area contributed by atoms with E-state index in [-0.39, 0.29) is 31.2 Å². The average Bonchev–Trinajstić information content (AvgIpc) is 3.74. The Hall–Kier alpha value is -4.90. The van der Waals surface area contributed by atoms with E-state index >= 15 is 0 Å². The first-order valence-electron chi connectivity index (χ1n) is 19.4. The third kappa shape index (κ3) is 6.54. The summed E-state index contributed by atoms with van der Waals surface area (Å²) in [5, 5.41) is 2.17. The number of aryl methyl sites for hydroxylation is 3. The first kappa shape index (κ1) is 27.9. The molecule has 0 aliphatic rings. The molecule has 8 aromatic rings. The first-order chi connectivity index (χ1) is 26.1. The van der Waals surface area contributed by atoms with Crippen LogP contribution in [0.4, 0.5) is 0 Å². The van der Waals surface area contributed by atoms with Crippen molar-refractivity contribution in [3.05, 3.63) is 143 Å². The summed E-state index contributed by atoms with van der Waals surface area (Å²) < 4.78 is 52.4. The summed E-state index contributed by atoms with van der Waals surface area (Å²) in [5.41, 5.74) is 10.8. The second-order valence-electron chi connectivity index (χ2n) is 12.7. The zero-order chi connectivity index (χ0) is 39.2. The van der Waals surface area contributed by atoms with Gasteiger partial charge in [0.1, 0.15) is 5.58 Å². The average molecular weight is 839 g/mol. The van der Waals surface area contributed by atoms with Gasteiger partial charge >= 0.3 is 0 Å². The van der Waals surface area contributed by atoms with E-state index in [9.17, 15) is 0 Å². The van der Waals surface area contributed by atoms with Crippen LogP contribution in [0.5, 0.6) is 0 Å². The van der Waals surface area contributed by atoms with Crippen LogP contribution >= 0.6 is 0 Å². The van der Waals surface area contributed by atoms with Crippen molar-refractivity contribution in [1.82, 2.24) is 19.5 Å². The van der Waals surface area contributed by atoms with Gasteiger partial charge in [-0.15, -0.1) is 53.6 Å². The van der Waals surface area contributed by atoms with Gasteiger partial charge in [-0.3, -0.25) is 9.97 Å². The molecule has 0 unspecified atom stereocenters. The molecule has 5 nitrogen and oxygen atoms in total. The molecular formula is C44H40IrN4O-2. The van der Waals surface area contributed by atoms with Crippen molar-refractivity contribution in [1.29, 1.82) is 0 Å². The van der Waals surface area contributed by atoms with Crippen LogP contribution < -0.4 is 0 Å². The van der Waals surface area contributed by atoms with E-state index in [1.165, 1.54) is 41.2 Å². The van der Waals surface area contributed by atoms with Crippen LogP contribution in [0.2, 0.25) is 0 Å². The van der Waals surface area contributed by atoms with Crippen molar-refractivity contribution in [3.63, 3.8) is 0 Å². The second kappa shape index (κ2) is 14.5. The zero-order valence-electron chi connectivity index (χ0n) is 34.5. The Morgan fingerprint density at radius 3 is 2.22 bits per heavy atom. The molecule has 0 bridgehead atoms. The number of para-hydroxylation sites is 2. The number of furan rings is 1. The van der Waals surface area contributed by atoms with Crippen molar-refractivity contribution in [2.45, 2.75) is 60.2 Å². The topological polar surface area (TPSA) is 56.7 Å². The maximum atomic E-state index is 7.28. The number of nitrogens with zero attached hydrogens (tertiary/aromatic N) is 4. The van der Waals surface area contributed by atoms with Crippen LogP contribution in [0.3, 0.4) is 0 Å². The van der Waals surface area contributed by atoms with E-state index in [0.717, 1.165) is 50.1 Å². The third-order valence-corrected chi connectivity index (χ3v) is 8.73. The fourth-order valence-corrected chi connectivity index (χ4v) is 6.33. The smallest absolute Gasteiger partial charge is 0.120 e. The van der Waals surface area contributed by atoms with E-state index in [1.54, 1.807) is 12.1 Å². The minimum atomic E-state index is -2.18. The van der Waals surface area contributed by atoms with Gasteiger partial charge in [-0.05, 0) is 60.1 Å². The van der Waals surface area contributed by atoms with Gasteiger partial charge in [0.05, 0.1) is 28.1 Å². The summed E-state index contributed by atoms with van der Waals surface area (Å²) in [6.07, 6.45) is 3.13. The Kier molecular flexibility index (Phi) is 8.10. The van der Waals surface area contributed by atoms with Crippen molar-refractivity contribution in [2.75, 3.05) is 0 Å². The molecule has 0 atom stereocenters. The van der Waals surface area contributed by atoms with Crippen LogP contribution in [-0.4, -0.2) is 19.5 Å². The van der Waals surface area contributed by atoms with E-state index in [1.807, 2.05) is 36.5 Å². The molecule has 0 amide bonds. The molecule has 4 aromatic heterocycles. The Morgan fingerprint density at radius 2 is 1.54 bits per heavy atom. The summed E-state index contributed by atoms with van der Waals surface area (Å²) in [5.74, 6) is 1.52. The fourth-order valence-electron chi connectivity index (χ4n) is 6.33. The van der Waals surface area contributed by atoms with Gasteiger partial charge in [-0.25, -0.2) is 0 Å². The van der Waals surface area contributed by atoms with Crippen LogP contribution in [0.1, 0.15) is 75.7 Å². The summed E-state index contributed by atoms with van der Waals surface area (Å²) in [6.45, 7) is 6.71. The van der Waals surface area contributed by atoms with Crippen molar-refractivity contribution in [3.8, 4) is 28.3 Å². The summed E-state index contributed by atoms with van der Waals surface area (Å²) in [7, 11) is 0. The van der Waals surface area contributed by atoms with E-state index in [2.05, 4.69) is 91.6 Å². The largest absolute Gasteiger partial charge is 0.501 e. The molecule has 1 radical (unpaired) electrons. The summed E-state index contributed by atoms with van der Waals surface area (Å²) >= 11 is 0. The van der Waals surface area contributed by atoms with Gasteiger partial charge in [0.25, 0.3) is 0 Å². The normalized spacial score (nSPS) is 13.6. The number of imidazole rings is 1. The minimum Gasteiger partial charge on any atom is -0.501 e. The van der Waals surface area contributed by atoms with Crippen molar-refractivity contribution in [2.24, 2.45) is 0 Å². The number of rotatable bonds is 5. The zero-order valence-corrected chi connectivity index (χ0v) is 30.9. The molecule has 8 rings (SSSR count). The number of benzene rings is 4. The second-order valence-corrected chi connectivity index (χ2v) is 12.7. The van der Waals surface area contributed by atoms with Gasteiger partial charge in [0.2, 0.25) is 0 Å². The maximum Gasteiger partial charge on any atom is 0.120 e. The molecule has 0 N–H and O–H groups in total. The number of hydrogen-bond acceptors (Lipinski definition) is 4. The molecule has 0 aliphatic heterocycles. The quantitative estimate of drug-likeness (QED) is 0.162. The molecule has 50 heavy (non-hydrogen) atoms. The molecule has 6 heteroatoms. The predicted octanol–water partition coefficient (Wildman–Crippen LogP) is 11.5. The van der Waals surface area contributed by atoms with Crippen molar-refractivity contribution < 1.29 is 32.7 Å². The van der Waals surface area contributed by atoms with Gasteiger partial charge in [-0.2, -0.15) is 0 Å². The number of hydrogen-bond donors (Lipinski definition) is 0. The molecule has 253 valence electrons. The summed E-state index contributed by atoms with van der Waals surface area (Å²) in [4.78, 5) is 13.9.